The molecule has 1 aliphatic heterocycles. The zero-order valence-corrected chi connectivity index (χ0v) is 10.4. The maximum Gasteiger partial charge on any atom is 0.358 e. The molecule has 1 N–H and O–H groups in total. The molecule has 0 radical (unpaired) electrons. The smallest absolute Gasteiger partial charge is 0.358 e. The molecule has 0 fully saturated rings. The maximum atomic E-state index is 10.9. The summed E-state index contributed by atoms with van der Waals surface area (Å²) < 4.78 is 15.9. The summed E-state index contributed by atoms with van der Waals surface area (Å²) in [6.45, 7) is 4.00. The van der Waals surface area contributed by atoms with E-state index >= 15 is 0 Å². The Morgan fingerprint density at radius 2 is 2.11 bits per heavy atom. The van der Waals surface area contributed by atoms with Gasteiger partial charge in [0.2, 0.25) is 6.79 Å². The van der Waals surface area contributed by atoms with Gasteiger partial charge in [0.05, 0.1) is 5.56 Å². The Morgan fingerprint density at radius 3 is 2.79 bits per heavy atom. The molecule has 1 aromatic carbocycles. The molecule has 1 aromatic heterocycles. The normalized spacial score (nSPS) is 12.7. The first-order chi connectivity index (χ1) is 9.08. The highest BCUT2D eigenvalue weighted by Crippen LogP contribution is 2.44. The molecular formula is C13H11NO5. The topological polar surface area (TPSA) is 81.8 Å². The van der Waals surface area contributed by atoms with Gasteiger partial charge in [-0.15, -0.1) is 0 Å². The Kier molecular flexibility index (Phi) is 2.45. The Morgan fingerprint density at radius 1 is 1.32 bits per heavy atom. The van der Waals surface area contributed by atoms with Gasteiger partial charge in [0.15, 0.2) is 23.0 Å². The van der Waals surface area contributed by atoms with Crippen LogP contribution >= 0.6 is 0 Å². The lowest BCUT2D eigenvalue weighted by molar-refractivity contribution is 0.0686. The molecule has 3 rings (SSSR count). The first-order valence-corrected chi connectivity index (χ1v) is 5.68. The van der Waals surface area contributed by atoms with Crippen molar-refractivity contribution in [3.05, 3.63) is 29.0 Å². The maximum absolute atomic E-state index is 10.9. The van der Waals surface area contributed by atoms with Crippen LogP contribution in [0.1, 0.15) is 21.6 Å². The highest BCUT2D eigenvalue weighted by Gasteiger charge is 2.25. The minimum atomic E-state index is -1.13. The predicted molar refractivity (Wildman–Crippen MR) is 64.5 cm³/mol. The molecule has 0 atom stereocenters. The molecule has 19 heavy (non-hydrogen) atoms. The molecule has 2 heterocycles. The summed E-state index contributed by atoms with van der Waals surface area (Å²) >= 11 is 0. The number of fused-ring (bicyclic) bond motifs is 1. The van der Waals surface area contributed by atoms with Crippen LogP contribution in [0.5, 0.6) is 11.5 Å². The van der Waals surface area contributed by atoms with Gasteiger partial charge in [0.25, 0.3) is 0 Å². The number of hydrogen-bond donors (Lipinski definition) is 1. The lowest BCUT2D eigenvalue weighted by Gasteiger charge is -2.09. The first-order valence-electron chi connectivity index (χ1n) is 5.68. The van der Waals surface area contributed by atoms with Gasteiger partial charge in [-0.25, -0.2) is 4.79 Å². The second-order valence-corrected chi connectivity index (χ2v) is 4.31. The molecular weight excluding hydrogens is 250 g/mol. The minimum Gasteiger partial charge on any atom is -0.476 e. The quantitative estimate of drug-likeness (QED) is 0.893. The minimum absolute atomic E-state index is 0.136. The van der Waals surface area contributed by atoms with E-state index in [1.807, 2.05) is 19.9 Å². The predicted octanol–water partition coefficient (Wildman–Crippen LogP) is 2.39. The number of aryl methyl sites for hydroxylation is 1. The molecule has 0 aliphatic carbocycles. The van der Waals surface area contributed by atoms with E-state index in [-0.39, 0.29) is 12.5 Å². The third-order valence-corrected chi connectivity index (χ3v) is 3.16. The third-order valence-electron chi connectivity index (χ3n) is 3.16. The monoisotopic (exact) mass is 261 g/mol. The SMILES string of the molecule is Cc1cc2c(c(-c3cc(C(=O)O)no3)c1C)OCO2. The van der Waals surface area contributed by atoms with Crippen LogP contribution in [0.25, 0.3) is 11.3 Å². The van der Waals surface area contributed by atoms with E-state index < -0.39 is 5.97 Å². The Hall–Kier alpha value is -2.50. The standard InChI is InChI=1S/C13H11NO5/c1-6-3-10-12(18-5-17-10)11(7(6)2)9-4-8(13(15)16)14-19-9/h3-4H,5H2,1-2H3,(H,15,16). The Balaban J connectivity index is 2.21. The van der Waals surface area contributed by atoms with Crippen molar-refractivity contribution in [3.63, 3.8) is 0 Å². The fourth-order valence-corrected chi connectivity index (χ4v) is 2.05. The van der Waals surface area contributed by atoms with E-state index in [1.54, 1.807) is 0 Å². The van der Waals surface area contributed by atoms with Crippen molar-refractivity contribution in [1.82, 2.24) is 5.16 Å². The lowest BCUT2D eigenvalue weighted by atomic mass is 9.99. The van der Waals surface area contributed by atoms with Gasteiger partial charge >= 0.3 is 5.97 Å². The van der Waals surface area contributed by atoms with Crippen LogP contribution in [0.2, 0.25) is 0 Å². The largest absolute Gasteiger partial charge is 0.476 e. The molecule has 0 unspecified atom stereocenters. The molecule has 6 nitrogen and oxygen atoms in total. The average Bonchev–Trinajstić information content (AvgIpc) is 2.99. The van der Waals surface area contributed by atoms with Gasteiger partial charge in [0, 0.05) is 6.07 Å². The van der Waals surface area contributed by atoms with Gasteiger partial charge in [-0.3, -0.25) is 0 Å². The number of aromatic nitrogens is 1. The highest BCUT2D eigenvalue weighted by molar-refractivity contribution is 5.87. The fourth-order valence-electron chi connectivity index (χ4n) is 2.05. The first kappa shape index (κ1) is 11.6. The molecule has 1 aliphatic rings. The zero-order chi connectivity index (χ0) is 13.6. The number of rotatable bonds is 2. The van der Waals surface area contributed by atoms with Crippen LogP contribution < -0.4 is 9.47 Å². The Bertz CT molecular complexity index is 674. The van der Waals surface area contributed by atoms with Crippen LogP contribution in [0.4, 0.5) is 0 Å². The van der Waals surface area contributed by atoms with Crippen LogP contribution in [-0.4, -0.2) is 23.0 Å². The number of benzene rings is 1. The molecule has 2 aromatic rings. The Labute approximate surface area is 108 Å². The van der Waals surface area contributed by atoms with Crippen molar-refractivity contribution in [3.8, 4) is 22.8 Å². The molecule has 98 valence electrons. The third kappa shape index (κ3) is 1.72. The molecule has 0 spiro atoms. The molecule has 0 saturated carbocycles. The summed E-state index contributed by atoms with van der Waals surface area (Å²) in [7, 11) is 0. The number of aromatic carboxylic acids is 1. The second-order valence-electron chi connectivity index (χ2n) is 4.31. The summed E-state index contributed by atoms with van der Waals surface area (Å²) in [6, 6.07) is 3.27. The summed E-state index contributed by atoms with van der Waals surface area (Å²) in [5.41, 5.74) is 2.50. The van der Waals surface area contributed by atoms with E-state index in [0.29, 0.717) is 22.8 Å². The van der Waals surface area contributed by atoms with Crippen LogP contribution in [0, 0.1) is 13.8 Å². The number of nitrogens with zero attached hydrogens (tertiary/aromatic N) is 1. The van der Waals surface area contributed by atoms with E-state index in [9.17, 15) is 4.79 Å². The van der Waals surface area contributed by atoms with Crippen molar-refractivity contribution < 1.29 is 23.9 Å². The molecule has 0 amide bonds. The zero-order valence-electron chi connectivity index (χ0n) is 10.4. The summed E-state index contributed by atoms with van der Waals surface area (Å²) in [4.78, 5) is 10.9. The van der Waals surface area contributed by atoms with Crippen molar-refractivity contribution in [1.29, 1.82) is 0 Å². The van der Waals surface area contributed by atoms with E-state index in [1.165, 1.54) is 6.07 Å². The summed E-state index contributed by atoms with van der Waals surface area (Å²) in [6.07, 6.45) is 0. The van der Waals surface area contributed by atoms with Crippen molar-refractivity contribution in [2.75, 3.05) is 6.79 Å². The van der Waals surface area contributed by atoms with Crippen molar-refractivity contribution >= 4 is 5.97 Å². The van der Waals surface area contributed by atoms with Crippen LogP contribution in [0.15, 0.2) is 16.7 Å². The van der Waals surface area contributed by atoms with E-state index in [0.717, 1.165) is 11.1 Å². The van der Waals surface area contributed by atoms with Gasteiger partial charge in [-0.05, 0) is 31.0 Å². The highest BCUT2D eigenvalue weighted by atomic mass is 16.7. The second kappa shape index (κ2) is 4.01. The van der Waals surface area contributed by atoms with Gasteiger partial charge in [-0.1, -0.05) is 5.16 Å². The summed E-state index contributed by atoms with van der Waals surface area (Å²) in [5.74, 6) is 0.428. The number of ether oxygens (including phenoxy) is 2. The van der Waals surface area contributed by atoms with Crippen LogP contribution in [0.3, 0.4) is 0 Å². The summed E-state index contributed by atoms with van der Waals surface area (Å²) in [5, 5.41) is 12.4. The fraction of sp³-hybridized carbons (Fsp3) is 0.231. The van der Waals surface area contributed by atoms with Gasteiger partial charge in [-0.2, -0.15) is 0 Å². The van der Waals surface area contributed by atoms with Crippen molar-refractivity contribution in [2.45, 2.75) is 13.8 Å². The number of carboxylic acid groups (broad SMARTS) is 1. The molecule has 0 bridgehead atoms. The lowest BCUT2D eigenvalue weighted by Crippen LogP contribution is -1.95. The van der Waals surface area contributed by atoms with Crippen LogP contribution in [-0.2, 0) is 0 Å². The molecule has 6 heteroatoms. The van der Waals surface area contributed by atoms with Crippen molar-refractivity contribution in [2.24, 2.45) is 0 Å². The average molecular weight is 261 g/mol. The van der Waals surface area contributed by atoms with E-state index in [2.05, 4.69) is 5.16 Å². The van der Waals surface area contributed by atoms with Gasteiger partial charge in [0.1, 0.15) is 0 Å². The molecule has 0 saturated heterocycles. The number of carbonyl (C=O) groups is 1. The number of hydrogen-bond acceptors (Lipinski definition) is 5. The number of carboxylic acids is 1. The van der Waals surface area contributed by atoms with E-state index in [4.69, 9.17) is 19.1 Å². The van der Waals surface area contributed by atoms with Gasteiger partial charge < -0.3 is 19.1 Å².